The lowest BCUT2D eigenvalue weighted by Gasteiger charge is -2.26. The Morgan fingerprint density at radius 2 is 2.00 bits per heavy atom. The molecule has 1 heterocycles. The Bertz CT molecular complexity index is 304. The smallest absolute Gasteiger partial charge is 0.138 e. The summed E-state index contributed by atoms with van der Waals surface area (Å²) in [6.07, 6.45) is 6.91. The predicted octanol–water partition coefficient (Wildman–Crippen LogP) is 3.69. The molecule has 0 unspecified atom stereocenters. The summed E-state index contributed by atoms with van der Waals surface area (Å²) in [6, 6.07) is 3.65. The van der Waals surface area contributed by atoms with Gasteiger partial charge in [0.15, 0.2) is 0 Å². The fraction of sp³-hybridized carbons (Fsp3) is 0.583. The Morgan fingerprint density at radius 3 is 2.60 bits per heavy atom. The van der Waals surface area contributed by atoms with Crippen molar-refractivity contribution in [3.05, 3.63) is 23.5 Å². The van der Waals surface area contributed by atoms with Gasteiger partial charge in [-0.25, -0.2) is 4.98 Å². The van der Waals surface area contributed by atoms with Crippen LogP contribution >= 0.6 is 11.6 Å². The van der Waals surface area contributed by atoms with E-state index in [0.717, 1.165) is 24.5 Å². The number of hydrogen-bond donors (Lipinski definition) is 0. The lowest BCUT2D eigenvalue weighted by atomic mass is 9.89. The Morgan fingerprint density at radius 1 is 1.27 bits per heavy atom. The van der Waals surface area contributed by atoms with E-state index in [0.29, 0.717) is 11.3 Å². The van der Waals surface area contributed by atoms with E-state index < -0.39 is 0 Å². The van der Waals surface area contributed by atoms with Gasteiger partial charge in [0, 0.05) is 0 Å². The van der Waals surface area contributed by atoms with Gasteiger partial charge in [-0.05, 0) is 43.7 Å². The van der Waals surface area contributed by atoms with E-state index in [2.05, 4.69) is 11.9 Å². The maximum absolute atomic E-state index is 5.84. The summed E-state index contributed by atoms with van der Waals surface area (Å²) in [4.78, 5) is 4.00. The molecule has 0 bridgehead atoms. The van der Waals surface area contributed by atoms with Gasteiger partial charge in [-0.15, -0.1) is 0 Å². The van der Waals surface area contributed by atoms with E-state index in [1.54, 1.807) is 12.3 Å². The Labute approximate surface area is 95.6 Å². The third-order valence-corrected chi connectivity index (χ3v) is 3.19. The lowest BCUT2D eigenvalue weighted by Crippen LogP contribution is -2.23. The van der Waals surface area contributed by atoms with Crippen molar-refractivity contribution in [2.45, 2.75) is 38.7 Å². The van der Waals surface area contributed by atoms with Crippen LogP contribution in [-0.4, -0.2) is 11.1 Å². The average molecular weight is 226 g/mol. The van der Waals surface area contributed by atoms with E-state index in [9.17, 15) is 0 Å². The molecular formula is C12H16ClNO. The van der Waals surface area contributed by atoms with Gasteiger partial charge in [0.1, 0.15) is 10.9 Å². The predicted molar refractivity (Wildman–Crippen MR) is 61.3 cm³/mol. The van der Waals surface area contributed by atoms with Gasteiger partial charge in [0.25, 0.3) is 0 Å². The first-order valence-electron chi connectivity index (χ1n) is 5.52. The van der Waals surface area contributed by atoms with Crippen LogP contribution in [0.3, 0.4) is 0 Å². The quantitative estimate of drug-likeness (QED) is 0.717. The lowest BCUT2D eigenvalue weighted by molar-refractivity contribution is 0.135. The molecule has 1 aromatic rings. The molecule has 0 atom stereocenters. The van der Waals surface area contributed by atoms with Crippen LogP contribution in [0, 0.1) is 5.92 Å². The molecule has 0 saturated heterocycles. The van der Waals surface area contributed by atoms with Crippen LogP contribution in [0.25, 0.3) is 0 Å². The highest BCUT2D eigenvalue weighted by molar-refractivity contribution is 6.29. The molecule has 0 radical (unpaired) electrons. The van der Waals surface area contributed by atoms with E-state index >= 15 is 0 Å². The summed E-state index contributed by atoms with van der Waals surface area (Å²) < 4.78 is 5.84. The number of halogens is 1. The summed E-state index contributed by atoms with van der Waals surface area (Å²) in [7, 11) is 0. The number of hydrogen-bond acceptors (Lipinski definition) is 2. The van der Waals surface area contributed by atoms with Gasteiger partial charge in [-0.3, -0.25) is 0 Å². The van der Waals surface area contributed by atoms with Gasteiger partial charge >= 0.3 is 0 Å². The van der Waals surface area contributed by atoms with Gasteiger partial charge in [-0.2, -0.15) is 0 Å². The summed E-state index contributed by atoms with van der Waals surface area (Å²) in [6.45, 7) is 2.31. The third-order valence-electron chi connectivity index (χ3n) is 2.97. The first-order chi connectivity index (χ1) is 7.24. The van der Waals surface area contributed by atoms with Gasteiger partial charge in [0.2, 0.25) is 0 Å². The average Bonchev–Trinajstić information content (AvgIpc) is 2.25. The molecule has 1 aliphatic carbocycles. The van der Waals surface area contributed by atoms with Crippen LogP contribution in [0.4, 0.5) is 0 Å². The highest BCUT2D eigenvalue weighted by Crippen LogP contribution is 2.27. The number of ether oxygens (including phenoxy) is 1. The van der Waals surface area contributed by atoms with E-state index in [4.69, 9.17) is 16.3 Å². The van der Waals surface area contributed by atoms with Crippen molar-refractivity contribution in [3.8, 4) is 5.75 Å². The van der Waals surface area contributed by atoms with Crippen molar-refractivity contribution < 1.29 is 4.74 Å². The number of pyridine rings is 1. The monoisotopic (exact) mass is 225 g/mol. The van der Waals surface area contributed by atoms with Crippen LogP contribution in [0.1, 0.15) is 32.6 Å². The van der Waals surface area contributed by atoms with Crippen molar-refractivity contribution in [2.24, 2.45) is 5.92 Å². The minimum Gasteiger partial charge on any atom is -0.489 e. The van der Waals surface area contributed by atoms with Gasteiger partial charge in [-0.1, -0.05) is 18.5 Å². The minimum atomic E-state index is 0.365. The Hall–Kier alpha value is -0.760. The zero-order valence-corrected chi connectivity index (χ0v) is 9.70. The Balaban J connectivity index is 1.89. The van der Waals surface area contributed by atoms with E-state index in [-0.39, 0.29) is 0 Å². The molecule has 15 heavy (non-hydrogen) atoms. The SMILES string of the molecule is CC1CCC(Oc2ccc(Cl)nc2)CC1. The summed E-state index contributed by atoms with van der Waals surface area (Å²) in [5, 5.41) is 0.514. The summed E-state index contributed by atoms with van der Waals surface area (Å²) in [5.41, 5.74) is 0. The fourth-order valence-electron chi connectivity index (χ4n) is 1.97. The summed E-state index contributed by atoms with van der Waals surface area (Å²) >= 11 is 5.71. The van der Waals surface area contributed by atoms with Crippen molar-refractivity contribution in [2.75, 3.05) is 0 Å². The van der Waals surface area contributed by atoms with Crippen molar-refractivity contribution in [1.82, 2.24) is 4.98 Å². The van der Waals surface area contributed by atoms with Gasteiger partial charge in [0.05, 0.1) is 12.3 Å². The van der Waals surface area contributed by atoms with Crippen molar-refractivity contribution in [1.29, 1.82) is 0 Å². The third kappa shape index (κ3) is 3.10. The molecule has 0 spiro atoms. The second-order valence-electron chi connectivity index (χ2n) is 4.32. The second-order valence-corrected chi connectivity index (χ2v) is 4.70. The molecule has 3 heteroatoms. The first-order valence-corrected chi connectivity index (χ1v) is 5.90. The molecule has 1 aliphatic rings. The maximum atomic E-state index is 5.84. The fourth-order valence-corrected chi connectivity index (χ4v) is 2.08. The van der Waals surface area contributed by atoms with Crippen molar-refractivity contribution in [3.63, 3.8) is 0 Å². The largest absolute Gasteiger partial charge is 0.489 e. The highest BCUT2D eigenvalue weighted by Gasteiger charge is 2.19. The van der Waals surface area contributed by atoms with Crippen molar-refractivity contribution >= 4 is 11.6 Å². The van der Waals surface area contributed by atoms with Crippen LogP contribution in [0.2, 0.25) is 5.15 Å². The molecule has 1 fully saturated rings. The first kappa shape index (κ1) is 10.7. The molecule has 0 aromatic carbocycles. The number of rotatable bonds is 2. The number of nitrogens with zero attached hydrogens (tertiary/aromatic N) is 1. The van der Waals surface area contributed by atoms with Crippen LogP contribution in [0.5, 0.6) is 5.75 Å². The molecule has 0 aliphatic heterocycles. The summed E-state index contributed by atoms with van der Waals surface area (Å²) in [5.74, 6) is 1.69. The maximum Gasteiger partial charge on any atom is 0.138 e. The standard InChI is InChI=1S/C12H16ClNO/c1-9-2-4-10(5-3-9)15-11-6-7-12(13)14-8-11/h6-10H,2-5H2,1H3. The van der Waals surface area contributed by atoms with Crippen LogP contribution in [0.15, 0.2) is 18.3 Å². The zero-order chi connectivity index (χ0) is 10.7. The normalized spacial score (nSPS) is 26.3. The molecule has 1 saturated carbocycles. The van der Waals surface area contributed by atoms with Crippen LogP contribution in [-0.2, 0) is 0 Å². The number of aromatic nitrogens is 1. The highest BCUT2D eigenvalue weighted by atomic mass is 35.5. The molecular weight excluding hydrogens is 210 g/mol. The molecule has 2 rings (SSSR count). The molecule has 1 aromatic heterocycles. The van der Waals surface area contributed by atoms with E-state index in [1.165, 1.54) is 12.8 Å². The minimum absolute atomic E-state index is 0.365. The van der Waals surface area contributed by atoms with E-state index in [1.807, 2.05) is 6.07 Å². The van der Waals surface area contributed by atoms with Gasteiger partial charge < -0.3 is 4.74 Å². The Kier molecular flexibility index (Phi) is 3.47. The topological polar surface area (TPSA) is 22.1 Å². The molecule has 0 N–H and O–H groups in total. The zero-order valence-electron chi connectivity index (χ0n) is 8.95. The molecule has 2 nitrogen and oxygen atoms in total. The molecule has 82 valence electrons. The second kappa shape index (κ2) is 4.84. The molecule has 0 amide bonds. The van der Waals surface area contributed by atoms with Crippen LogP contribution < -0.4 is 4.74 Å².